The summed E-state index contributed by atoms with van der Waals surface area (Å²) in [6.45, 7) is 1.03. The van der Waals surface area contributed by atoms with E-state index >= 15 is 0 Å². The van der Waals surface area contributed by atoms with Crippen LogP contribution in [0, 0.1) is 10.1 Å². The molecule has 2 aromatic rings. The summed E-state index contributed by atoms with van der Waals surface area (Å²) in [5.74, 6) is -5.01. The van der Waals surface area contributed by atoms with E-state index in [-0.39, 0.29) is 86.5 Å². The van der Waals surface area contributed by atoms with Crippen LogP contribution in [0.4, 0.5) is 15.6 Å². The molecule has 2 heterocycles. The van der Waals surface area contributed by atoms with Crippen LogP contribution in [-0.2, 0) is 56.0 Å². The van der Waals surface area contributed by atoms with Crippen molar-refractivity contribution in [1.82, 2.24) is 24.6 Å². The number of carbonyl (C=O) groups is 5. The van der Waals surface area contributed by atoms with Gasteiger partial charge in [0.15, 0.2) is 31.5 Å². The number of urea groups is 1. The number of ether oxygens (including phenoxy) is 1. The van der Waals surface area contributed by atoms with Crippen LogP contribution in [0.15, 0.2) is 34.8 Å². The number of nitrogens with one attached hydrogen (secondary N) is 4. The van der Waals surface area contributed by atoms with Crippen LogP contribution in [0.5, 0.6) is 0 Å². The van der Waals surface area contributed by atoms with Gasteiger partial charge in [-0.2, -0.15) is 0 Å². The van der Waals surface area contributed by atoms with Crippen molar-refractivity contribution in [3.05, 3.63) is 51.0 Å². The molecule has 2 atom stereocenters. The van der Waals surface area contributed by atoms with Gasteiger partial charge in [-0.25, -0.2) is 40.4 Å². The Morgan fingerprint density at radius 2 is 1.73 bits per heavy atom. The fourth-order valence-electron chi connectivity index (χ4n) is 3.74. The van der Waals surface area contributed by atoms with Gasteiger partial charge in [0.1, 0.15) is 24.2 Å². The summed E-state index contributed by atoms with van der Waals surface area (Å²) >= 11 is 6.24. The summed E-state index contributed by atoms with van der Waals surface area (Å²) in [5.41, 5.74) is -2.89. The van der Waals surface area contributed by atoms with E-state index in [1.165, 1.54) is 43.5 Å². The van der Waals surface area contributed by atoms with Gasteiger partial charge >= 0.3 is 71.1 Å². The predicted molar refractivity (Wildman–Crippen MR) is 165 cm³/mol. The number of benzene rings is 1. The normalized spacial score (nSPS) is 15.8. The summed E-state index contributed by atoms with van der Waals surface area (Å²) in [4.78, 5) is 81.8. The molecule has 3 rings (SSSR count). The predicted octanol–water partition coefficient (Wildman–Crippen LogP) is -7.61. The molecule has 4 N–H and O–H groups in total. The van der Waals surface area contributed by atoms with Gasteiger partial charge in [0.2, 0.25) is 11.5 Å². The molecule has 1 aromatic carbocycles. The second-order valence-electron chi connectivity index (χ2n) is 10.1. The number of nitro benzene ring substituents is 1. The number of non-ortho nitro benzene ring substituents is 1. The molecule has 1 saturated heterocycles. The van der Waals surface area contributed by atoms with Crippen molar-refractivity contribution in [1.29, 1.82) is 0 Å². The standard InChI is InChI=1S/C23H25ClN8O15S3.2Na/c1-23(2,20(36)46-9-11-3-5-12(6-4-11)32(38)39)47-29-16(13-10-48-22(26-13)27-15(33)7-24)18(34)28-17-14(31(19(17)35)50(43,44)45)8-25-21(37)30-49(40,41)42;;/h3-6,10,14,17H,7-9H2,1-2H3,(H,28,34)(H2,25,30,37)(H,26,27,33)(H,40,41,42)(H,43,44,45);;/q;2*+1/p-2/b29-16-;;/t14-,17+;;/m0../s1. The zero-order valence-corrected chi connectivity index (χ0v) is 34.4. The Hall–Kier alpha value is -3.02. The number of nitrogens with zero attached hydrogens (tertiary/aromatic N) is 4. The Morgan fingerprint density at radius 3 is 2.27 bits per heavy atom. The van der Waals surface area contributed by atoms with Crippen molar-refractivity contribution < 1.29 is 124 Å². The third-order valence-electron chi connectivity index (χ3n) is 6.09. The van der Waals surface area contributed by atoms with Crippen molar-refractivity contribution in [2.24, 2.45) is 5.16 Å². The summed E-state index contributed by atoms with van der Waals surface area (Å²) in [5, 5.41) is 21.7. The van der Waals surface area contributed by atoms with E-state index in [4.69, 9.17) is 21.2 Å². The van der Waals surface area contributed by atoms with E-state index < -0.39 is 91.1 Å². The Kier molecular flexibility index (Phi) is 17.5. The number of halogens is 1. The van der Waals surface area contributed by atoms with Crippen molar-refractivity contribution in [2.75, 3.05) is 17.7 Å². The zero-order valence-electron chi connectivity index (χ0n) is 27.2. The maximum absolute atomic E-state index is 13.4. The molecule has 1 fully saturated rings. The zero-order chi connectivity index (χ0) is 37.6. The van der Waals surface area contributed by atoms with Crippen LogP contribution < -0.4 is 79.8 Å². The van der Waals surface area contributed by atoms with E-state index in [1.807, 2.05) is 0 Å². The van der Waals surface area contributed by atoms with Gasteiger partial charge in [0.05, 0.1) is 11.0 Å². The number of thiazole rings is 1. The first-order valence-corrected chi connectivity index (χ1v) is 17.4. The first-order valence-electron chi connectivity index (χ1n) is 13.2. The van der Waals surface area contributed by atoms with Gasteiger partial charge in [-0.3, -0.25) is 24.5 Å². The molecule has 0 spiro atoms. The molecule has 23 nitrogen and oxygen atoms in total. The van der Waals surface area contributed by atoms with E-state index in [2.05, 4.69) is 20.8 Å². The van der Waals surface area contributed by atoms with Gasteiger partial charge < -0.3 is 34.6 Å². The van der Waals surface area contributed by atoms with Crippen LogP contribution in [0.25, 0.3) is 0 Å². The second-order valence-corrected chi connectivity index (χ2v) is 13.6. The van der Waals surface area contributed by atoms with E-state index in [9.17, 15) is 60.0 Å². The molecule has 5 amide bonds. The molecule has 0 bridgehead atoms. The van der Waals surface area contributed by atoms with Gasteiger partial charge in [-0.05, 0) is 31.5 Å². The van der Waals surface area contributed by atoms with Crippen LogP contribution in [0.2, 0.25) is 0 Å². The quantitative estimate of drug-likeness (QED) is 0.0189. The third-order valence-corrected chi connectivity index (χ3v) is 8.46. The number of amides is 5. The Morgan fingerprint density at radius 1 is 1.12 bits per heavy atom. The minimum atomic E-state index is -5.54. The molecule has 1 aromatic heterocycles. The summed E-state index contributed by atoms with van der Waals surface area (Å²) in [7, 11) is -10.8. The Bertz CT molecular complexity index is 1950. The number of β-lactam (4-membered cyclic amide) rings is 1. The topological polar surface area (TPSA) is 338 Å². The van der Waals surface area contributed by atoms with Crippen LogP contribution >= 0.6 is 22.9 Å². The van der Waals surface area contributed by atoms with Crippen LogP contribution in [0.1, 0.15) is 25.1 Å². The molecule has 0 saturated carbocycles. The number of oxime groups is 1. The van der Waals surface area contributed by atoms with Gasteiger partial charge in [0, 0.05) is 24.1 Å². The number of alkyl halides is 1. The molecular weight excluding hydrogens is 806 g/mol. The molecular formula is C23H23ClN8Na2O15S3. The number of anilines is 1. The number of nitro groups is 1. The van der Waals surface area contributed by atoms with Crippen LogP contribution in [0.3, 0.4) is 0 Å². The summed E-state index contributed by atoms with van der Waals surface area (Å²) < 4.78 is 73.1. The molecule has 52 heavy (non-hydrogen) atoms. The molecule has 272 valence electrons. The number of hydrogen-bond acceptors (Lipinski definition) is 18. The van der Waals surface area contributed by atoms with Gasteiger partial charge in [-0.15, -0.1) is 22.9 Å². The van der Waals surface area contributed by atoms with Crippen molar-refractivity contribution in [2.45, 2.75) is 38.1 Å². The van der Waals surface area contributed by atoms with E-state index in [0.717, 1.165) is 16.1 Å². The van der Waals surface area contributed by atoms with E-state index in [0.29, 0.717) is 5.56 Å². The first-order chi connectivity index (χ1) is 23.1. The maximum Gasteiger partial charge on any atom is 1.00 e. The van der Waals surface area contributed by atoms with E-state index in [1.54, 1.807) is 5.32 Å². The minimum absolute atomic E-state index is 0. The maximum atomic E-state index is 13.4. The fourth-order valence-corrected chi connectivity index (χ4v) is 5.68. The van der Waals surface area contributed by atoms with Gasteiger partial charge in [0.25, 0.3) is 17.5 Å². The average molecular weight is 829 g/mol. The largest absolute Gasteiger partial charge is 1.00 e. The number of aromatic nitrogens is 1. The average Bonchev–Trinajstić information content (AvgIpc) is 3.46. The second kappa shape index (κ2) is 19.3. The van der Waals surface area contributed by atoms with Gasteiger partial charge in [-0.1, -0.05) is 5.16 Å². The number of esters is 1. The molecule has 0 radical (unpaired) electrons. The third kappa shape index (κ3) is 13.1. The first kappa shape index (κ1) is 47.0. The molecule has 29 heteroatoms. The molecule has 0 unspecified atom stereocenters. The fraction of sp³-hybridized carbons (Fsp3) is 0.348. The number of rotatable bonds is 15. The smallest absolute Gasteiger partial charge is 0.731 e. The Balaban J connectivity index is 0.00000676. The summed E-state index contributed by atoms with van der Waals surface area (Å²) in [6.07, 6.45) is 0. The van der Waals surface area contributed by atoms with Crippen molar-refractivity contribution in [3.8, 4) is 0 Å². The number of carbonyl (C=O) groups excluding carboxylic acids is 5. The minimum Gasteiger partial charge on any atom is -0.731 e. The van der Waals surface area contributed by atoms with Crippen molar-refractivity contribution >= 4 is 89.8 Å². The monoisotopic (exact) mass is 828 g/mol. The molecule has 0 aliphatic carbocycles. The Labute approximate surface area is 347 Å². The number of hydrogen-bond donors (Lipinski definition) is 4. The summed E-state index contributed by atoms with van der Waals surface area (Å²) in [6, 6.07) is -0.328. The molecule has 1 aliphatic heterocycles. The SMILES string of the molecule is CC(C)(O/N=C(\C(=O)N[C@H]1C(=O)N(S(=O)(=O)[O-])[C@H]1CNC(=O)NS(=O)(=O)[O-])c1csc(NC(=O)CCl)n1)C(=O)OCc1ccc([N+](=O)[O-])cc1.[Na+].[Na+]. The molecule has 1 aliphatic rings. The van der Waals surface area contributed by atoms with Crippen molar-refractivity contribution in [3.63, 3.8) is 0 Å². The van der Waals surface area contributed by atoms with Crippen LogP contribution in [-0.4, -0.2) is 106 Å².